The molecule has 0 aliphatic carbocycles. The lowest BCUT2D eigenvalue weighted by atomic mass is 10.2. The van der Waals surface area contributed by atoms with Gasteiger partial charge in [0.25, 0.3) is 5.91 Å². The van der Waals surface area contributed by atoms with Crippen LogP contribution in [0.1, 0.15) is 16.3 Å². The standard InChI is InChI=1S/C20H18N4O3/c1-13-21-16(11-19(22-13)24(2)15-6-4-3-5-7-15)20(25)23-14-8-9-17-18(10-14)27-12-26-17/h3-11H,12H2,1-2H3,(H,23,25). The van der Waals surface area contributed by atoms with Crippen molar-refractivity contribution in [1.82, 2.24) is 9.97 Å². The Morgan fingerprint density at radius 3 is 2.63 bits per heavy atom. The molecule has 136 valence electrons. The minimum atomic E-state index is -0.318. The quantitative estimate of drug-likeness (QED) is 0.765. The summed E-state index contributed by atoms with van der Waals surface area (Å²) in [5.74, 6) is 2.12. The van der Waals surface area contributed by atoms with Crippen LogP contribution >= 0.6 is 0 Å². The first-order valence-corrected chi connectivity index (χ1v) is 8.45. The van der Waals surface area contributed by atoms with E-state index in [0.29, 0.717) is 28.8 Å². The SMILES string of the molecule is Cc1nc(C(=O)Nc2ccc3c(c2)OCO3)cc(N(C)c2ccccc2)n1. The number of fused-ring (bicyclic) bond motifs is 1. The largest absolute Gasteiger partial charge is 0.454 e. The van der Waals surface area contributed by atoms with E-state index < -0.39 is 0 Å². The molecule has 0 saturated heterocycles. The zero-order chi connectivity index (χ0) is 18.8. The number of rotatable bonds is 4. The van der Waals surface area contributed by atoms with Crippen molar-refractivity contribution < 1.29 is 14.3 Å². The molecule has 3 aromatic rings. The predicted octanol–water partition coefficient (Wildman–Crippen LogP) is 3.53. The first kappa shape index (κ1) is 16.8. The second-order valence-corrected chi connectivity index (χ2v) is 6.08. The van der Waals surface area contributed by atoms with Crippen molar-refractivity contribution in [3.05, 3.63) is 66.1 Å². The normalized spacial score (nSPS) is 11.9. The fourth-order valence-electron chi connectivity index (χ4n) is 2.79. The minimum Gasteiger partial charge on any atom is -0.454 e. The minimum absolute atomic E-state index is 0.188. The number of hydrogen-bond donors (Lipinski definition) is 1. The Bertz CT molecular complexity index is 992. The van der Waals surface area contributed by atoms with E-state index in [0.717, 1.165) is 5.69 Å². The summed E-state index contributed by atoms with van der Waals surface area (Å²) in [6, 6.07) is 16.7. The Labute approximate surface area is 156 Å². The highest BCUT2D eigenvalue weighted by atomic mass is 16.7. The van der Waals surface area contributed by atoms with Crippen LogP contribution in [0, 0.1) is 6.92 Å². The average Bonchev–Trinajstić information content (AvgIpc) is 3.15. The van der Waals surface area contributed by atoms with Gasteiger partial charge in [-0.25, -0.2) is 9.97 Å². The fraction of sp³-hybridized carbons (Fsp3) is 0.150. The van der Waals surface area contributed by atoms with Crippen molar-refractivity contribution in [2.45, 2.75) is 6.92 Å². The number of nitrogens with one attached hydrogen (secondary N) is 1. The van der Waals surface area contributed by atoms with E-state index in [-0.39, 0.29) is 18.4 Å². The van der Waals surface area contributed by atoms with Crippen LogP contribution in [0.15, 0.2) is 54.6 Å². The molecular weight excluding hydrogens is 344 g/mol. The van der Waals surface area contributed by atoms with Gasteiger partial charge in [-0.05, 0) is 31.2 Å². The lowest BCUT2D eigenvalue weighted by molar-refractivity contribution is 0.102. The molecule has 7 heteroatoms. The second-order valence-electron chi connectivity index (χ2n) is 6.08. The number of anilines is 3. The molecule has 27 heavy (non-hydrogen) atoms. The van der Waals surface area contributed by atoms with Gasteiger partial charge >= 0.3 is 0 Å². The average molecular weight is 362 g/mol. The summed E-state index contributed by atoms with van der Waals surface area (Å²) in [7, 11) is 1.90. The monoisotopic (exact) mass is 362 g/mol. The van der Waals surface area contributed by atoms with Crippen LogP contribution < -0.4 is 19.7 Å². The summed E-state index contributed by atoms with van der Waals surface area (Å²) in [5, 5.41) is 2.84. The maximum absolute atomic E-state index is 12.7. The molecule has 2 aromatic carbocycles. The van der Waals surface area contributed by atoms with Gasteiger partial charge < -0.3 is 19.7 Å². The van der Waals surface area contributed by atoms with Gasteiger partial charge in [0, 0.05) is 30.6 Å². The Kier molecular flexibility index (Phi) is 4.33. The van der Waals surface area contributed by atoms with Crippen LogP contribution in [0.25, 0.3) is 0 Å². The summed E-state index contributed by atoms with van der Waals surface area (Å²) in [5.41, 5.74) is 1.87. The summed E-state index contributed by atoms with van der Waals surface area (Å²) >= 11 is 0. The molecule has 7 nitrogen and oxygen atoms in total. The van der Waals surface area contributed by atoms with Gasteiger partial charge in [0.1, 0.15) is 17.3 Å². The van der Waals surface area contributed by atoms with Crippen molar-refractivity contribution >= 4 is 23.1 Å². The zero-order valence-electron chi connectivity index (χ0n) is 15.0. The molecule has 0 bridgehead atoms. The third-order valence-corrected chi connectivity index (χ3v) is 4.17. The van der Waals surface area contributed by atoms with Gasteiger partial charge in [0.15, 0.2) is 11.5 Å². The Balaban J connectivity index is 1.58. The molecule has 0 spiro atoms. The number of carbonyl (C=O) groups is 1. The summed E-state index contributed by atoms with van der Waals surface area (Å²) < 4.78 is 10.6. The lowest BCUT2D eigenvalue weighted by Crippen LogP contribution is -2.18. The summed E-state index contributed by atoms with van der Waals surface area (Å²) in [4.78, 5) is 23.3. The van der Waals surface area contributed by atoms with Gasteiger partial charge in [-0.2, -0.15) is 0 Å². The van der Waals surface area contributed by atoms with Crippen LogP contribution in [0.3, 0.4) is 0 Å². The molecule has 1 N–H and O–H groups in total. The topological polar surface area (TPSA) is 76.6 Å². The number of nitrogens with zero attached hydrogens (tertiary/aromatic N) is 3. The van der Waals surface area contributed by atoms with Crippen LogP contribution in [0.4, 0.5) is 17.2 Å². The van der Waals surface area contributed by atoms with Gasteiger partial charge in [0.05, 0.1) is 0 Å². The number of ether oxygens (including phenoxy) is 2. The molecule has 1 aliphatic heterocycles. The molecule has 1 amide bonds. The van der Waals surface area contributed by atoms with E-state index in [1.165, 1.54) is 0 Å². The third kappa shape index (κ3) is 3.52. The first-order valence-electron chi connectivity index (χ1n) is 8.45. The van der Waals surface area contributed by atoms with Crippen molar-refractivity contribution in [2.24, 2.45) is 0 Å². The molecule has 4 rings (SSSR count). The number of carbonyl (C=O) groups excluding carboxylic acids is 1. The number of amides is 1. The molecule has 0 unspecified atom stereocenters. The summed E-state index contributed by atoms with van der Waals surface area (Å²) in [6.07, 6.45) is 0. The molecule has 1 aliphatic rings. The van der Waals surface area contributed by atoms with Gasteiger partial charge in [-0.1, -0.05) is 18.2 Å². The van der Waals surface area contributed by atoms with Crippen molar-refractivity contribution in [1.29, 1.82) is 0 Å². The molecule has 0 radical (unpaired) electrons. The Morgan fingerprint density at radius 2 is 1.81 bits per heavy atom. The van der Waals surface area contributed by atoms with E-state index >= 15 is 0 Å². The zero-order valence-corrected chi connectivity index (χ0v) is 15.0. The molecular formula is C20H18N4O3. The van der Waals surface area contributed by atoms with Gasteiger partial charge in [-0.15, -0.1) is 0 Å². The number of benzene rings is 2. The highest BCUT2D eigenvalue weighted by Gasteiger charge is 2.17. The van der Waals surface area contributed by atoms with Gasteiger partial charge in [-0.3, -0.25) is 4.79 Å². The van der Waals surface area contributed by atoms with Crippen LogP contribution in [-0.4, -0.2) is 29.7 Å². The first-order chi connectivity index (χ1) is 13.1. The number of hydrogen-bond acceptors (Lipinski definition) is 6. The maximum atomic E-state index is 12.7. The van der Waals surface area contributed by atoms with Crippen molar-refractivity contribution in [3.63, 3.8) is 0 Å². The predicted molar refractivity (Wildman–Crippen MR) is 102 cm³/mol. The van der Waals surface area contributed by atoms with E-state index in [1.807, 2.05) is 42.3 Å². The van der Waals surface area contributed by atoms with E-state index in [9.17, 15) is 4.79 Å². The smallest absolute Gasteiger partial charge is 0.274 e. The van der Waals surface area contributed by atoms with E-state index in [2.05, 4.69) is 15.3 Å². The molecule has 1 aromatic heterocycles. The Morgan fingerprint density at radius 1 is 1.04 bits per heavy atom. The van der Waals surface area contributed by atoms with Crippen molar-refractivity contribution in [2.75, 3.05) is 24.1 Å². The second kappa shape index (κ2) is 6.95. The van der Waals surface area contributed by atoms with Crippen LogP contribution in [0.2, 0.25) is 0 Å². The number of para-hydroxylation sites is 1. The lowest BCUT2D eigenvalue weighted by Gasteiger charge is -2.19. The van der Waals surface area contributed by atoms with Crippen LogP contribution in [-0.2, 0) is 0 Å². The number of aromatic nitrogens is 2. The van der Waals surface area contributed by atoms with Gasteiger partial charge in [0.2, 0.25) is 6.79 Å². The third-order valence-electron chi connectivity index (χ3n) is 4.17. The summed E-state index contributed by atoms with van der Waals surface area (Å²) in [6.45, 7) is 1.95. The molecule has 0 atom stereocenters. The molecule has 2 heterocycles. The molecule has 0 saturated carbocycles. The molecule has 0 fully saturated rings. The van der Waals surface area contributed by atoms with E-state index in [4.69, 9.17) is 9.47 Å². The highest BCUT2D eigenvalue weighted by Crippen LogP contribution is 2.34. The highest BCUT2D eigenvalue weighted by molar-refractivity contribution is 6.03. The van der Waals surface area contributed by atoms with Crippen LogP contribution in [0.5, 0.6) is 11.5 Å². The Hall–Kier alpha value is -3.61. The van der Waals surface area contributed by atoms with Crippen molar-refractivity contribution in [3.8, 4) is 11.5 Å². The van der Waals surface area contributed by atoms with E-state index in [1.54, 1.807) is 31.2 Å². The number of aryl methyl sites for hydroxylation is 1. The fourth-order valence-corrected chi connectivity index (χ4v) is 2.79. The maximum Gasteiger partial charge on any atom is 0.274 e.